The number of ether oxygens (including phenoxy) is 1. The van der Waals surface area contributed by atoms with Gasteiger partial charge >= 0.3 is 0 Å². The molecule has 8 rings (SSSR count). The van der Waals surface area contributed by atoms with E-state index in [-0.39, 0.29) is 0 Å². The molecule has 0 N–H and O–H groups in total. The van der Waals surface area contributed by atoms with E-state index in [0.717, 1.165) is 24.3 Å². The van der Waals surface area contributed by atoms with Gasteiger partial charge in [0.05, 0.1) is 0 Å². The molecule has 0 spiro atoms. The molecule has 6 aromatic carbocycles. The first-order valence-electron chi connectivity index (χ1n) is 13.6. The normalized spacial score (nSPS) is 13.7. The van der Waals surface area contributed by atoms with Crippen molar-refractivity contribution in [2.24, 2.45) is 0 Å². The third kappa shape index (κ3) is 3.55. The Balaban J connectivity index is 1.16. The van der Waals surface area contributed by atoms with Crippen molar-refractivity contribution in [3.8, 4) is 11.5 Å². The van der Waals surface area contributed by atoms with Gasteiger partial charge in [-0.2, -0.15) is 0 Å². The van der Waals surface area contributed by atoms with Crippen LogP contribution in [0.2, 0.25) is 0 Å². The summed E-state index contributed by atoms with van der Waals surface area (Å²) in [6.45, 7) is 0. The lowest BCUT2D eigenvalue weighted by Crippen LogP contribution is -1.96. The molecule has 0 bridgehead atoms. The Hall–Kier alpha value is -4.88. The molecular formula is C38H26O. The smallest absolute Gasteiger partial charge is 0.131 e. The summed E-state index contributed by atoms with van der Waals surface area (Å²) in [5.74, 6) is 1.90. The van der Waals surface area contributed by atoms with E-state index in [0.29, 0.717) is 0 Å². The SMILES string of the molecule is C1=C(c2cccc3ccccc23)c2cccc(Oc3cccc4c3CC=C4c3cccc4ccccc34)c2C1. The summed E-state index contributed by atoms with van der Waals surface area (Å²) in [4.78, 5) is 0. The molecule has 0 heterocycles. The van der Waals surface area contributed by atoms with Crippen LogP contribution in [0.3, 0.4) is 0 Å². The number of rotatable bonds is 4. The maximum absolute atomic E-state index is 6.74. The molecule has 0 saturated heterocycles. The fourth-order valence-corrected chi connectivity index (χ4v) is 6.43. The van der Waals surface area contributed by atoms with E-state index in [4.69, 9.17) is 4.74 Å². The lowest BCUT2D eigenvalue weighted by atomic mass is 9.94. The monoisotopic (exact) mass is 498 g/mol. The van der Waals surface area contributed by atoms with Crippen LogP contribution in [-0.2, 0) is 12.8 Å². The number of hydrogen-bond acceptors (Lipinski definition) is 1. The lowest BCUT2D eigenvalue weighted by molar-refractivity contribution is 0.473. The average Bonchev–Trinajstić information content (AvgIpc) is 3.62. The number of fused-ring (bicyclic) bond motifs is 4. The molecule has 0 aromatic heterocycles. The van der Waals surface area contributed by atoms with Gasteiger partial charge in [-0.05, 0) is 79.9 Å². The van der Waals surface area contributed by atoms with E-state index in [1.807, 2.05) is 0 Å². The minimum Gasteiger partial charge on any atom is -0.457 e. The predicted molar refractivity (Wildman–Crippen MR) is 162 cm³/mol. The van der Waals surface area contributed by atoms with E-state index in [9.17, 15) is 0 Å². The van der Waals surface area contributed by atoms with Crippen LogP contribution in [0.5, 0.6) is 11.5 Å². The van der Waals surface area contributed by atoms with Crippen molar-refractivity contribution in [1.82, 2.24) is 0 Å². The minimum atomic E-state index is 0.874. The summed E-state index contributed by atoms with van der Waals surface area (Å²) in [5, 5.41) is 5.12. The zero-order valence-electron chi connectivity index (χ0n) is 21.5. The minimum absolute atomic E-state index is 0.874. The first-order valence-corrected chi connectivity index (χ1v) is 13.6. The highest BCUT2D eigenvalue weighted by atomic mass is 16.5. The second kappa shape index (κ2) is 8.85. The quantitative estimate of drug-likeness (QED) is 0.235. The van der Waals surface area contributed by atoms with Gasteiger partial charge in [0.15, 0.2) is 0 Å². The molecule has 0 amide bonds. The van der Waals surface area contributed by atoms with Crippen LogP contribution < -0.4 is 4.74 Å². The highest BCUT2D eigenvalue weighted by Gasteiger charge is 2.24. The third-order valence-electron chi connectivity index (χ3n) is 8.25. The fraction of sp³-hybridized carbons (Fsp3) is 0.0526. The molecule has 6 aromatic rings. The molecule has 0 saturated carbocycles. The Morgan fingerprint density at radius 3 is 1.31 bits per heavy atom. The molecule has 2 aliphatic rings. The van der Waals surface area contributed by atoms with E-state index in [1.165, 1.54) is 66.1 Å². The Labute approximate surface area is 228 Å². The van der Waals surface area contributed by atoms with E-state index in [1.54, 1.807) is 0 Å². The van der Waals surface area contributed by atoms with Gasteiger partial charge in [0.2, 0.25) is 0 Å². The van der Waals surface area contributed by atoms with Crippen molar-refractivity contribution < 1.29 is 4.74 Å². The molecule has 0 atom stereocenters. The highest BCUT2D eigenvalue weighted by molar-refractivity contribution is 6.01. The second-order valence-electron chi connectivity index (χ2n) is 10.4. The van der Waals surface area contributed by atoms with Crippen LogP contribution >= 0.6 is 0 Å². The van der Waals surface area contributed by atoms with Crippen molar-refractivity contribution in [2.75, 3.05) is 0 Å². The van der Waals surface area contributed by atoms with Crippen LogP contribution in [-0.4, -0.2) is 0 Å². The van der Waals surface area contributed by atoms with E-state index in [2.05, 4.69) is 133 Å². The van der Waals surface area contributed by atoms with Crippen LogP contribution in [0.1, 0.15) is 33.4 Å². The molecule has 39 heavy (non-hydrogen) atoms. The molecular weight excluding hydrogens is 472 g/mol. The summed E-state index contributed by atoms with van der Waals surface area (Å²) in [6, 6.07) is 43.4. The van der Waals surface area contributed by atoms with Crippen molar-refractivity contribution in [3.63, 3.8) is 0 Å². The maximum atomic E-state index is 6.74. The van der Waals surface area contributed by atoms with Crippen molar-refractivity contribution >= 4 is 32.7 Å². The topological polar surface area (TPSA) is 9.23 Å². The van der Waals surface area contributed by atoms with Gasteiger partial charge in [0.1, 0.15) is 11.5 Å². The zero-order chi connectivity index (χ0) is 25.8. The molecule has 1 nitrogen and oxygen atoms in total. The van der Waals surface area contributed by atoms with Crippen LogP contribution in [0, 0.1) is 0 Å². The molecule has 0 unspecified atom stereocenters. The second-order valence-corrected chi connectivity index (χ2v) is 10.4. The van der Waals surface area contributed by atoms with E-state index < -0.39 is 0 Å². The number of allylic oxidation sites excluding steroid dienone is 2. The standard InChI is InChI=1S/C38H26O/c1-3-13-27-25(9-1)11-5-15-29(27)33-21-23-35-31(33)17-7-19-37(35)39-38-20-8-18-32-34(22-24-36(32)38)30-16-6-12-26-10-2-4-14-28(26)30/h1-22H,23-24H2. The largest absolute Gasteiger partial charge is 0.457 e. The van der Waals surface area contributed by atoms with Crippen molar-refractivity contribution in [3.05, 3.63) is 167 Å². The molecule has 0 radical (unpaired) electrons. The predicted octanol–water partition coefficient (Wildman–Crippen LogP) is 9.76. The molecule has 0 fully saturated rings. The molecule has 1 heteroatoms. The van der Waals surface area contributed by atoms with Crippen LogP contribution in [0.15, 0.2) is 133 Å². The first kappa shape index (κ1) is 22.1. The molecule has 0 aliphatic heterocycles. The summed E-state index contributed by atoms with van der Waals surface area (Å²) < 4.78 is 6.74. The Kier molecular flexibility index (Phi) is 5.03. The fourth-order valence-electron chi connectivity index (χ4n) is 6.43. The lowest BCUT2D eigenvalue weighted by Gasteiger charge is -2.16. The van der Waals surface area contributed by atoms with Gasteiger partial charge in [-0.1, -0.05) is 121 Å². The number of benzene rings is 6. The summed E-state index contributed by atoms with van der Waals surface area (Å²) in [7, 11) is 0. The zero-order valence-corrected chi connectivity index (χ0v) is 21.5. The molecule has 2 aliphatic carbocycles. The van der Waals surface area contributed by atoms with E-state index >= 15 is 0 Å². The van der Waals surface area contributed by atoms with Crippen LogP contribution in [0.25, 0.3) is 32.7 Å². The highest BCUT2D eigenvalue weighted by Crippen LogP contribution is 2.44. The van der Waals surface area contributed by atoms with Crippen molar-refractivity contribution in [1.29, 1.82) is 0 Å². The van der Waals surface area contributed by atoms with Gasteiger partial charge in [-0.25, -0.2) is 0 Å². The first-order chi connectivity index (χ1) is 19.3. The van der Waals surface area contributed by atoms with Gasteiger partial charge in [-0.15, -0.1) is 0 Å². The Bertz CT molecular complexity index is 1830. The van der Waals surface area contributed by atoms with Crippen molar-refractivity contribution in [2.45, 2.75) is 12.8 Å². The van der Waals surface area contributed by atoms with Gasteiger partial charge in [0, 0.05) is 11.1 Å². The van der Waals surface area contributed by atoms with Gasteiger partial charge in [-0.3, -0.25) is 0 Å². The summed E-state index contributed by atoms with van der Waals surface area (Å²) >= 11 is 0. The average molecular weight is 499 g/mol. The van der Waals surface area contributed by atoms with Crippen LogP contribution in [0.4, 0.5) is 0 Å². The Morgan fingerprint density at radius 1 is 0.385 bits per heavy atom. The van der Waals surface area contributed by atoms with Gasteiger partial charge in [0.25, 0.3) is 0 Å². The molecule has 184 valence electrons. The summed E-state index contributed by atoms with van der Waals surface area (Å²) in [6.07, 6.45) is 6.46. The third-order valence-corrected chi connectivity index (χ3v) is 8.25. The summed E-state index contributed by atoms with van der Waals surface area (Å²) in [5.41, 5.74) is 10.2. The Morgan fingerprint density at radius 2 is 0.795 bits per heavy atom. The van der Waals surface area contributed by atoms with Gasteiger partial charge < -0.3 is 4.74 Å². The maximum Gasteiger partial charge on any atom is 0.131 e. The number of hydrogen-bond donors (Lipinski definition) is 0.